The average molecular weight is 334 g/mol. The van der Waals surface area contributed by atoms with Crippen molar-refractivity contribution in [1.82, 2.24) is 19.4 Å². The summed E-state index contributed by atoms with van der Waals surface area (Å²) < 4.78 is 2.13. The molecule has 0 N–H and O–H groups in total. The summed E-state index contributed by atoms with van der Waals surface area (Å²) in [7, 11) is 0. The van der Waals surface area contributed by atoms with Gasteiger partial charge in [0.1, 0.15) is 5.82 Å². The van der Waals surface area contributed by atoms with E-state index < -0.39 is 0 Å². The van der Waals surface area contributed by atoms with E-state index in [0.717, 1.165) is 48.2 Å². The number of aromatic nitrogens is 3. The van der Waals surface area contributed by atoms with Crippen molar-refractivity contribution < 1.29 is 4.79 Å². The molecule has 3 aromatic rings. The highest BCUT2D eigenvalue weighted by Crippen LogP contribution is 2.21. The van der Waals surface area contributed by atoms with E-state index in [4.69, 9.17) is 0 Å². The molecular formula is C20H22N4O. The molecule has 4 rings (SSSR count). The molecule has 2 aromatic heterocycles. The number of benzene rings is 1. The first-order valence-electron chi connectivity index (χ1n) is 8.81. The van der Waals surface area contributed by atoms with Crippen LogP contribution in [0.5, 0.6) is 0 Å². The summed E-state index contributed by atoms with van der Waals surface area (Å²) in [6.45, 7) is 3.67. The van der Waals surface area contributed by atoms with Crippen LogP contribution < -0.4 is 0 Å². The number of aryl methyl sites for hydroxylation is 1. The van der Waals surface area contributed by atoms with E-state index in [-0.39, 0.29) is 11.9 Å². The predicted molar refractivity (Wildman–Crippen MR) is 97.1 cm³/mol. The fourth-order valence-corrected chi connectivity index (χ4v) is 3.67. The molecule has 1 atom stereocenters. The van der Waals surface area contributed by atoms with Gasteiger partial charge in [-0.15, -0.1) is 0 Å². The van der Waals surface area contributed by atoms with Crippen molar-refractivity contribution in [1.29, 1.82) is 0 Å². The lowest BCUT2D eigenvalue weighted by Crippen LogP contribution is -2.39. The molecule has 1 amide bonds. The molecule has 3 heterocycles. The van der Waals surface area contributed by atoms with Crippen molar-refractivity contribution in [2.24, 2.45) is 0 Å². The summed E-state index contributed by atoms with van der Waals surface area (Å²) in [4.78, 5) is 23.6. The molecule has 1 aliphatic rings. The Hall–Kier alpha value is -2.69. The van der Waals surface area contributed by atoms with Crippen molar-refractivity contribution in [2.75, 3.05) is 6.54 Å². The lowest BCUT2D eigenvalue weighted by molar-refractivity contribution is -0.131. The number of imidazole rings is 1. The molecule has 0 aliphatic carbocycles. The number of hydrogen-bond acceptors (Lipinski definition) is 3. The normalized spacial score (nSPS) is 17.3. The molecular weight excluding hydrogens is 312 g/mol. The van der Waals surface area contributed by atoms with Crippen LogP contribution in [-0.4, -0.2) is 37.9 Å². The van der Waals surface area contributed by atoms with Crippen LogP contribution in [0.3, 0.4) is 0 Å². The Kier molecular flexibility index (Phi) is 4.22. The van der Waals surface area contributed by atoms with Gasteiger partial charge in [-0.1, -0.05) is 18.2 Å². The summed E-state index contributed by atoms with van der Waals surface area (Å²) in [5.74, 6) is 1.19. The van der Waals surface area contributed by atoms with Gasteiger partial charge in [0.2, 0.25) is 5.91 Å². The topological polar surface area (TPSA) is 51.0 Å². The Morgan fingerprint density at radius 3 is 3.00 bits per heavy atom. The molecule has 1 fully saturated rings. The van der Waals surface area contributed by atoms with Crippen LogP contribution in [0.15, 0.2) is 48.9 Å². The number of hydrogen-bond donors (Lipinski definition) is 0. The van der Waals surface area contributed by atoms with E-state index in [1.54, 1.807) is 0 Å². The van der Waals surface area contributed by atoms with Crippen LogP contribution in [-0.2, 0) is 17.8 Å². The maximum absolute atomic E-state index is 12.8. The zero-order valence-electron chi connectivity index (χ0n) is 14.4. The van der Waals surface area contributed by atoms with Crippen molar-refractivity contribution in [3.63, 3.8) is 0 Å². The Bertz CT molecular complexity index is 901. The third-order valence-electron chi connectivity index (χ3n) is 5.03. The van der Waals surface area contributed by atoms with Gasteiger partial charge in [0.15, 0.2) is 0 Å². The van der Waals surface area contributed by atoms with E-state index >= 15 is 0 Å². The fraction of sp³-hybridized carbons (Fsp3) is 0.350. The first kappa shape index (κ1) is 15.8. The zero-order chi connectivity index (χ0) is 17.2. The van der Waals surface area contributed by atoms with Gasteiger partial charge in [-0.05, 0) is 37.5 Å². The lowest BCUT2D eigenvalue weighted by atomic mass is 10.1. The van der Waals surface area contributed by atoms with Gasteiger partial charge in [-0.25, -0.2) is 4.98 Å². The van der Waals surface area contributed by atoms with Gasteiger partial charge in [0.25, 0.3) is 0 Å². The minimum Gasteiger partial charge on any atom is -0.338 e. The van der Waals surface area contributed by atoms with Gasteiger partial charge in [-0.2, -0.15) is 0 Å². The number of amides is 1. The highest BCUT2D eigenvalue weighted by Gasteiger charge is 2.29. The number of likely N-dealkylation sites (tertiary alicyclic amines) is 1. The quantitative estimate of drug-likeness (QED) is 0.737. The molecule has 5 nitrogen and oxygen atoms in total. The van der Waals surface area contributed by atoms with Crippen LogP contribution in [0.4, 0.5) is 0 Å². The van der Waals surface area contributed by atoms with Crippen LogP contribution in [0.1, 0.15) is 24.2 Å². The van der Waals surface area contributed by atoms with Gasteiger partial charge in [0, 0.05) is 43.1 Å². The highest BCUT2D eigenvalue weighted by atomic mass is 16.2. The van der Waals surface area contributed by atoms with Crippen LogP contribution in [0.25, 0.3) is 10.9 Å². The third kappa shape index (κ3) is 3.27. The van der Waals surface area contributed by atoms with Crippen molar-refractivity contribution in [3.05, 3.63) is 60.3 Å². The highest BCUT2D eigenvalue weighted by molar-refractivity contribution is 5.83. The van der Waals surface area contributed by atoms with Gasteiger partial charge in [-0.3, -0.25) is 9.78 Å². The molecule has 5 heteroatoms. The molecule has 0 saturated carbocycles. The monoisotopic (exact) mass is 334 g/mol. The number of rotatable bonds is 4. The third-order valence-corrected chi connectivity index (χ3v) is 5.03. The maximum atomic E-state index is 12.8. The minimum atomic E-state index is 0.192. The van der Waals surface area contributed by atoms with Crippen LogP contribution >= 0.6 is 0 Å². The molecule has 1 saturated heterocycles. The molecule has 0 unspecified atom stereocenters. The second-order valence-electron chi connectivity index (χ2n) is 6.72. The van der Waals surface area contributed by atoms with E-state index in [0.29, 0.717) is 6.42 Å². The second kappa shape index (κ2) is 6.67. The second-order valence-corrected chi connectivity index (χ2v) is 6.72. The Morgan fingerprint density at radius 1 is 1.28 bits per heavy atom. The first-order valence-corrected chi connectivity index (χ1v) is 8.81. The molecule has 0 bridgehead atoms. The van der Waals surface area contributed by atoms with Gasteiger partial charge >= 0.3 is 0 Å². The molecule has 128 valence electrons. The average Bonchev–Trinajstić information content (AvgIpc) is 3.25. The summed E-state index contributed by atoms with van der Waals surface area (Å²) in [5, 5.41) is 1.08. The first-order chi connectivity index (χ1) is 12.2. The van der Waals surface area contributed by atoms with E-state index in [2.05, 4.69) is 20.6 Å². The molecule has 1 aromatic carbocycles. The van der Waals surface area contributed by atoms with Crippen molar-refractivity contribution in [2.45, 2.75) is 38.8 Å². The summed E-state index contributed by atoms with van der Waals surface area (Å²) in [6.07, 6.45) is 8.17. The fourth-order valence-electron chi connectivity index (χ4n) is 3.67. The maximum Gasteiger partial charge on any atom is 0.227 e. The molecule has 0 radical (unpaired) electrons. The standard InChI is InChI=1S/C20H22N4O/c1-15-21-8-10-23(15)14-18-6-4-9-24(18)20(25)12-16-11-17-5-2-3-7-19(17)22-13-16/h2-3,5,7-8,10-11,13,18H,4,6,9,12,14H2,1H3/t18-/m1/s1. The Balaban J connectivity index is 1.48. The Labute approximate surface area is 147 Å². The lowest BCUT2D eigenvalue weighted by Gasteiger charge is -2.25. The van der Waals surface area contributed by atoms with Crippen LogP contribution in [0.2, 0.25) is 0 Å². The number of nitrogens with zero attached hydrogens (tertiary/aromatic N) is 4. The SMILES string of the molecule is Cc1nccn1C[C@H]1CCCN1C(=O)Cc1cnc2ccccc2c1. The number of carbonyl (C=O) groups is 1. The van der Waals surface area contributed by atoms with Crippen molar-refractivity contribution >= 4 is 16.8 Å². The number of fused-ring (bicyclic) bond motifs is 1. The molecule has 0 spiro atoms. The van der Waals surface area contributed by atoms with E-state index in [9.17, 15) is 4.79 Å². The van der Waals surface area contributed by atoms with E-state index in [1.807, 2.05) is 54.7 Å². The van der Waals surface area contributed by atoms with Crippen LogP contribution in [0, 0.1) is 6.92 Å². The molecule has 1 aliphatic heterocycles. The van der Waals surface area contributed by atoms with Crippen molar-refractivity contribution in [3.8, 4) is 0 Å². The van der Waals surface area contributed by atoms with Gasteiger partial charge < -0.3 is 9.47 Å². The minimum absolute atomic E-state index is 0.192. The van der Waals surface area contributed by atoms with Gasteiger partial charge in [0.05, 0.1) is 11.9 Å². The Morgan fingerprint density at radius 2 is 2.16 bits per heavy atom. The summed E-state index contributed by atoms with van der Waals surface area (Å²) >= 11 is 0. The zero-order valence-corrected chi connectivity index (χ0v) is 14.4. The smallest absolute Gasteiger partial charge is 0.227 e. The molecule has 25 heavy (non-hydrogen) atoms. The number of para-hydroxylation sites is 1. The summed E-state index contributed by atoms with van der Waals surface area (Å²) in [5.41, 5.74) is 1.95. The number of carbonyl (C=O) groups excluding carboxylic acids is 1. The summed E-state index contributed by atoms with van der Waals surface area (Å²) in [6, 6.07) is 10.3. The predicted octanol–water partition coefficient (Wildman–Crippen LogP) is 2.97. The van der Waals surface area contributed by atoms with E-state index in [1.165, 1.54) is 0 Å². The largest absolute Gasteiger partial charge is 0.338 e. The number of pyridine rings is 1.